The standard InChI is InChI=1S/C36H56O10/c1-18(2)19(3)33(44-23(7)39)34(45-24(8)40)20(4)26-11-12-27-25-15-32(41)46-31-16-29(42-21(5)37)30(43-22(6)38)17-36(31,10)28(25)13-14-35(26,27)9/h18-20,25-31,33-34H,11-17H2,1-10H3/t19-,20+,25-,26-,27+,28+,29+,30-,31+,33-,34-,35-,36-/m1/s1. The van der Waals surface area contributed by atoms with Gasteiger partial charge >= 0.3 is 29.8 Å². The van der Waals surface area contributed by atoms with E-state index in [4.69, 9.17) is 23.7 Å². The molecule has 260 valence electrons. The van der Waals surface area contributed by atoms with Crippen molar-refractivity contribution in [2.24, 2.45) is 52.3 Å². The van der Waals surface area contributed by atoms with Gasteiger partial charge in [0.1, 0.15) is 30.5 Å². The van der Waals surface area contributed by atoms with E-state index in [-0.39, 0.29) is 52.8 Å². The van der Waals surface area contributed by atoms with Gasteiger partial charge in [0.05, 0.1) is 0 Å². The summed E-state index contributed by atoms with van der Waals surface area (Å²) in [6, 6.07) is 0. The van der Waals surface area contributed by atoms with Gasteiger partial charge in [0.2, 0.25) is 0 Å². The van der Waals surface area contributed by atoms with E-state index < -0.39 is 59.8 Å². The SMILES string of the molecule is CC(=O)O[C@H]([C@@H](C)[C@H]1CC[C@H]2[C@H]3CC(=O)O[C@H]4C[C@H](OC(C)=O)[C@H](OC(C)=O)C[C@]4(C)[C@H]3CC[C@]12C)[C@H](OC(C)=O)[C@H](C)C(C)C. The largest absolute Gasteiger partial charge is 0.462 e. The molecule has 4 fully saturated rings. The Kier molecular flexibility index (Phi) is 10.9. The summed E-state index contributed by atoms with van der Waals surface area (Å²) in [7, 11) is 0. The maximum atomic E-state index is 13.5. The van der Waals surface area contributed by atoms with Crippen molar-refractivity contribution in [2.45, 2.75) is 145 Å². The van der Waals surface area contributed by atoms with E-state index in [0.717, 1.165) is 25.7 Å². The second-order valence-electron chi connectivity index (χ2n) is 15.6. The number of carbonyl (C=O) groups excluding carboxylic acids is 5. The first-order valence-corrected chi connectivity index (χ1v) is 17.3. The van der Waals surface area contributed by atoms with Crippen LogP contribution in [0.2, 0.25) is 0 Å². The molecule has 10 heteroatoms. The van der Waals surface area contributed by atoms with Crippen molar-refractivity contribution in [3.05, 3.63) is 0 Å². The number of fused-ring (bicyclic) bond motifs is 5. The Morgan fingerprint density at radius 3 is 1.89 bits per heavy atom. The van der Waals surface area contributed by atoms with Crippen LogP contribution >= 0.6 is 0 Å². The minimum absolute atomic E-state index is 0.0303. The van der Waals surface area contributed by atoms with Crippen molar-refractivity contribution in [2.75, 3.05) is 0 Å². The van der Waals surface area contributed by atoms with Crippen molar-refractivity contribution < 1.29 is 47.7 Å². The highest BCUT2D eigenvalue weighted by Crippen LogP contribution is 2.66. The quantitative estimate of drug-likeness (QED) is 0.223. The third kappa shape index (κ3) is 7.10. The van der Waals surface area contributed by atoms with Crippen LogP contribution in [-0.4, -0.2) is 60.4 Å². The van der Waals surface area contributed by atoms with Crippen molar-refractivity contribution in [1.29, 1.82) is 0 Å². The fourth-order valence-corrected chi connectivity index (χ4v) is 10.2. The smallest absolute Gasteiger partial charge is 0.306 e. The second-order valence-corrected chi connectivity index (χ2v) is 15.6. The summed E-state index contributed by atoms with van der Waals surface area (Å²) >= 11 is 0. The number of rotatable bonds is 9. The van der Waals surface area contributed by atoms with E-state index in [1.54, 1.807) is 0 Å². The molecule has 0 spiro atoms. The molecule has 0 unspecified atom stereocenters. The van der Waals surface area contributed by atoms with Crippen LogP contribution in [0.25, 0.3) is 0 Å². The third-order valence-corrected chi connectivity index (χ3v) is 12.6. The van der Waals surface area contributed by atoms with Crippen LogP contribution in [0.4, 0.5) is 0 Å². The lowest BCUT2D eigenvalue weighted by molar-refractivity contribution is -0.198. The number of esters is 5. The van der Waals surface area contributed by atoms with E-state index in [2.05, 4.69) is 34.6 Å². The molecule has 4 rings (SSSR count). The maximum absolute atomic E-state index is 13.5. The van der Waals surface area contributed by atoms with Gasteiger partial charge < -0.3 is 23.7 Å². The molecule has 0 aromatic rings. The molecule has 1 heterocycles. The Hall–Kier alpha value is -2.65. The topological polar surface area (TPSA) is 132 Å². The van der Waals surface area contributed by atoms with Crippen LogP contribution in [0.15, 0.2) is 0 Å². The van der Waals surface area contributed by atoms with Crippen LogP contribution in [0.3, 0.4) is 0 Å². The van der Waals surface area contributed by atoms with Crippen molar-refractivity contribution in [3.63, 3.8) is 0 Å². The number of hydrogen-bond donors (Lipinski definition) is 0. The van der Waals surface area contributed by atoms with Crippen LogP contribution in [0.1, 0.15) is 114 Å². The average Bonchev–Trinajstić information content (AvgIpc) is 3.23. The van der Waals surface area contributed by atoms with Gasteiger partial charge in [0.15, 0.2) is 0 Å². The number of ether oxygens (including phenoxy) is 5. The van der Waals surface area contributed by atoms with Gasteiger partial charge in [-0.25, -0.2) is 0 Å². The number of carbonyl (C=O) groups is 5. The lowest BCUT2D eigenvalue weighted by Gasteiger charge is -2.56. The highest BCUT2D eigenvalue weighted by Gasteiger charge is 2.64. The first-order valence-electron chi connectivity index (χ1n) is 17.3. The van der Waals surface area contributed by atoms with Crippen molar-refractivity contribution >= 4 is 29.8 Å². The molecule has 0 amide bonds. The van der Waals surface area contributed by atoms with Gasteiger partial charge in [0, 0.05) is 51.9 Å². The van der Waals surface area contributed by atoms with Crippen LogP contribution in [-0.2, 0) is 47.7 Å². The summed E-state index contributed by atoms with van der Waals surface area (Å²) in [6.45, 7) is 18.3. The summed E-state index contributed by atoms with van der Waals surface area (Å²) in [5.74, 6) is -1.23. The first-order chi connectivity index (χ1) is 21.4. The normalized spacial score (nSPS) is 38.0. The molecule has 0 radical (unpaired) electrons. The van der Waals surface area contributed by atoms with E-state index in [0.29, 0.717) is 19.3 Å². The number of hydrogen-bond acceptors (Lipinski definition) is 10. The molecule has 0 aromatic carbocycles. The molecule has 13 atom stereocenters. The Morgan fingerprint density at radius 2 is 1.33 bits per heavy atom. The van der Waals surface area contributed by atoms with Gasteiger partial charge in [-0.1, -0.05) is 41.5 Å². The van der Waals surface area contributed by atoms with Crippen LogP contribution in [0, 0.1) is 52.3 Å². The fraction of sp³-hybridized carbons (Fsp3) is 0.861. The molecule has 1 saturated heterocycles. The van der Waals surface area contributed by atoms with Crippen molar-refractivity contribution in [3.8, 4) is 0 Å². The highest BCUT2D eigenvalue weighted by atomic mass is 16.6. The van der Waals surface area contributed by atoms with E-state index in [1.807, 2.05) is 6.92 Å². The zero-order chi connectivity index (χ0) is 34.3. The van der Waals surface area contributed by atoms with Crippen LogP contribution in [0.5, 0.6) is 0 Å². The summed E-state index contributed by atoms with van der Waals surface area (Å²) < 4.78 is 29.4. The summed E-state index contributed by atoms with van der Waals surface area (Å²) in [5, 5.41) is 0. The average molecular weight is 649 g/mol. The summed E-state index contributed by atoms with van der Waals surface area (Å²) in [6.07, 6.45) is 1.74. The second kappa shape index (κ2) is 13.8. The van der Waals surface area contributed by atoms with Crippen LogP contribution < -0.4 is 0 Å². The minimum atomic E-state index is -0.675. The minimum Gasteiger partial charge on any atom is -0.462 e. The van der Waals surface area contributed by atoms with E-state index in [1.165, 1.54) is 27.7 Å². The van der Waals surface area contributed by atoms with Gasteiger partial charge in [-0.15, -0.1) is 0 Å². The summed E-state index contributed by atoms with van der Waals surface area (Å²) in [4.78, 5) is 62.2. The zero-order valence-electron chi connectivity index (χ0n) is 29.5. The molecule has 1 aliphatic heterocycles. The predicted molar refractivity (Wildman–Crippen MR) is 168 cm³/mol. The Labute approximate surface area is 274 Å². The Balaban J connectivity index is 1.66. The molecular formula is C36H56O10. The van der Waals surface area contributed by atoms with Gasteiger partial charge in [-0.05, 0) is 73.0 Å². The first kappa shape index (κ1) is 36.2. The lowest BCUT2D eigenvalue weighted by Crippen LogP contribution is -2.57. The maximum Gasteiger partial charge on any atom is 0.306 e. The Morgan fingerprint density at radius 1 is 0.761 bits per heavy atom. The van der Waals surface area contributed by atoms with Gasteiger partial charge in [-0.2, -0.15) is 0 Å². The third-order valence-electron chi connectivity index (χ3n) is 12.6. The molecule has 0 N–H and O–H groups in total. The van der Waals surface area contributed by atoms with Gasteiger partial charge in [0.25, 0.3) is 0 Å². The molecule has 4 aliphatic rings. The molecular weight excluding hydrogens is 592 g/mol. The molecule has 3 aliphatic carbocycles. The highest BCUT2D eigenvalue weighted by molar-refractivity contribution is 5.71. The van der Waals surface area contributed by atoms with Gasteiger partial charge in [-0.3, -0.25) is 24.0 Å². The molecule has 3 saturated carbocycles. The Bertz CT molecular complexity index is 1180. The molecule has 0 aromatic heterocycles. The molecule has 46 heavy (non-hydrogen) atoms. The zero-order valence-corrected chi connectivity index (χ0v) is 29.5. The van der Waals surface area contributed by atoms with Crippen molar-refractivity contribution in [1.82, 2.24) is 0 Å². The molecule has 0 bridgehead atoms. The summed E-state index contributed by atoms with van der Waals surface area (Å²) in [5.41, 5.74) is -0.604. The molecule has 10 nitrogen and oxygen atoms in total. The fourth-order valence-electron chi connectivity index (χ4n) is 10.2. The monoisotopic (exact) mass is 648 g/mol. The predicted octanol–water partition coefficient (Wildman–Crippen LogP) is 5.82. The van der Waals surface area contributed by atoms with E-state index >= 15 is 0 Å². The van der Waals surface area contributed by atoms with E-state index in [9.17, 15) is 24.0 Å². The lowest BCUT2D eigenvalue weighted by atomic mass is 9.49.